The van der Waals surface area contributed by atoms with Crippen molar-refractivity contribution in [2.75, 3.05) is 10.6 Å². The summed E-state index contributed by atoms with van der Waals surface area (Å²) in [5, 5.41) is 6.44. The minimum absolute atomic E-state index is 0.0429. The summed E-state index contributed by atoms with van der Waals surface area (Å²) in [4.78, 5) is 30.8. The number of amides is 2. The Bertz CT molecular complexity index is 1040. The Balaban J connectivity index is 1.49. The van der Waals surface area contributed by atoms with Crippen LogP contribution in [-0.2, 0) is 11.2 Å². The number of rotatable bonds is 4. The Morgan fingerprint density at radius 3 is 2.64 bits per heavy atom. The normalized spacial score (nSPS) is 15.1. The first-order chi connectivity index (χ1) is 13.5. The van der Waals surface area contributed by atoms with E-state index in [9.17, 15) is 9.59 Å². The zero-order chi connectivity index (χ0) is 19.7. The molecule has 2 aromatic carbocycles. The molecule has 28 heavy (non-hydrogen) atoms. The van der Waals surface area contributed by atoms with Gasteiger partial charge in [0, 0.05) is 16.1 Å². The molecule has 1 aromatic heterocycles. The van der Waals surface area contributed by atoms with Gasteiger partial charge in [-0.15, -0.1) is 11.3 Å². The van der Waals surface area contributed by atoms with Crippen LogP contribution in [0.4, 0.5) is 10.8 Å². The molecule has 2 N–H and O–H groups in total. The molecule has 6 heteroatoms. The zero-order valence-electron chi connectivity index (χ0n) is 15.8. The van der Waals surface area contributed by atoms with Crippen molar-refractivity contribution in [1.29, 1.82) is 0 Å². The maximum atomic E-state index is 12.9. The van der Waals surface area contributed by atoms with Crippen LogP contribution in [0.3, 0.4) is 0 Å². The van der Waals surface area contributed by atoms with Crippen molar-refractivity contribution >= 4 is 34.0 Å². The predicted molar refractivity (Wildman–Crippen MR) is 112 cm³/mol. The molecule has 0 saturated carbocycles. The molecule has 0 spiro atoms. The number of benzene rings is 2. The minimum atomic E-state index is -0.284. The number of hydrogen-bond donors (Lipinski definition) is 2. The number of carbonyl (C=O) groups excluding carboxylic acids is 2. The van der Waals surface area contributed by atoms with Gasteiger partial charge in [0.15, 0.2) is 5.13 Å². The Morgan fingerprint density at radius 1 is 1.07 bits per heavy atom. The third-order valence-corrected chi connectivity index (χ3v) is 5.99. The molecule has 0 bridgehead atoms. The lowest BCUT2D eigenvalue weighted by atomic mass is 10.1. The second kappa shape index (κ2) is 7.56. The number of thiazole rings is 1. The van der Waals surface area contributed by atoms with Crippen LogP contribution in [0.5, 0.6) is 0 Å². The molecule has 1 aliphatic rings. The first kappa shape index (κ1) is 18.4. The van der Waals surface area contributed by atoms with Crippen LogP contribution in [0.15, 0.2) is 48.5 Å². The van der Waals surface area contributed by atoms with Crippen molar-refractivity contribution in [3.8, 4) is 0 Å². The summed E-state index contributed by atoms with van der Waals surface area (Å²) in [6.45, 7) is 3.99. The lowest BCUT2D eigenvalue weighted by Crippen LogP contribution is -2.20. The second-order valence-electron chi connectivity index (χ2n) is 7.05. The van der Waals surface area contributed by atoms with Gasteiger partial charge >= 0.3 is 0 Å². The quantitative estimate of drug-likeness (QED) is 0.678. The summed E-state index contributed by atoms with van der Waals surface area (Å²) < 4.78 is 0. The fraction of sp³-hybridized carbons (Fsp3) is 0.227. The molecular weight excluding hydrogens is 370 g/mol. The number of nitrogens with zero attached hydrogens (tertiary/aromatic N) is 1. The Hall–Kier alpha value is -2.99. The van der Waals surface area contributed by atoms with E-state index >= 15 is 0 Å². The molecule has 1 atom stereocenters. The maximum Gasteiger partial charge on any atom is 0.257 e. The number of aromatic nitrogens is 1. The van der Waals surface area contributed by atoms with Gasteiger partial charge in [-0.2, -0.15) is 0 Å². The van der Waals surface area contributed by atoms with Crippen molar-refractivity contribution in [2.24, 2.45) is 0 Å². The van der Waals surface area contributed by atoms with Gasteiger partial charge in [0.1, 0.15) is 0 Å². The highest BCUT2D eigenvalue weighted by atomic mass is 32.1. The van der Waals surface area contributed by atoms with E-state index in [1.165, 1.54) is 11.3 Å². The molecule has 0 fully saturated rings. The van der Waals surface area contributed by atoms with Crippen LogP contribution in [0.1, 0.15) is 44.4 Å². The first-order valence-corrected chi connectivity index (χ1v) is 10.1. The topological polar surface area (TPSA) is 71.1 Å². The second-order valence-corrected chi connectivity index (χ2v) is 8.13. The largest absolute Gasteiger partial charge is 0.325 e. The Labute approximate surface area is 167 Å². The zero-order valence-corrected chi connectivity index (χ0v) is 16.6. The van der Waals surface area contributed by atoms with Crippen molar-refractivity contribution in [1.82, 2.24) is 4.98 Å². The van der Waals surface area contributed by atoms with Gasteiger partial charge in [-0.1, -0.05) is 30.3 Å². The molecule has 1 unspecified atom stereocenters. The van der Waals surface area contributed by atoms with E-state index in [1.807, 2.05) is 50.2 Å². The Morgan fingerprint density at radius 2 is 1.86 bits per heavy atom. The highest BCUT2D eigenvalue weighted by Crippen LogP contribution is 2.39. The van der Waals surface area contributed by atoms with Gasteiger partial charge in [0.05, 0.1) is 11.6 Å². The van der Waals surface area contributed by atoms with E-state index in [4.69, 9.17) is 0 Å². The summed E-state index contributed by atoms with van der Waals surface area (Å²) in [6, 6.07) is 15.1. The average Bonchev–Trinajstić information content (AvgIpc) is 3.25. The summed E-state index contributed by atoms with van der Waals surface area (Å²) in [5.74, 6) is -0.517. The standard InChI is InChI=1S/C22H21N3O2S/c1-13-8-9-14(2)17(12-13)23-21(27)16-10-11-18-19(16)24-22(28-18)25-20(26)15-6-4-3-5-7-15/h3-9,12,16H,10-11H2,1-2H3,(H,23,27)(H,24,25,26). The average molecular weight is 391 g/mol. The van der Waals surface area contributed by atoms with E-state index in [0.29, 0.717) is 10.7 Å². The Kier molecular flexibility index (Phi) is 4.96. The molecule has 0 saturated heterocycles. The van der Waals surface area contributed by atoms with Crippen molar-refractivity contribution < 1.29 is 9.59 Å². The van der Waals surface area contributed by atoms with E-state index < -0.39 is 0 Å². The molecule has 3 aromatic rings. The van der Waals surface area contributed by atoms with Gasteiger partial charge in [0.2, 0.25) is 5.91 Å². The lowest BCUT2D eigenvalue weighted by Gasteiger charge is -2.13. The SMILES string of the molecule is Cc1ccc(C)c(NC(=O)C2CCc3sc(NC(=O)c4ccccc4)nc32)c1. The van der Waals surface area contributed by atoms with Gasteiger partial charge < -0.3 is 5.32 Å². The van der Waals surface area contributed by atoms with Crippen molar-refractivity contribution in [3.63, 3.8) is 0 Å². The number of hydrogen-bond acceptors (Lipinski definition) is 4. The van der Waals surface area contributed by atoms with Crippen LogP contribution in [0.25, 0.3) is 0 Å². The third-order valence-electron chi connectivity index (χ3n) is 4.94. The molecule has 2 amide bonds. The van der Waals surface area contributed by atoms with Crippen molar-refractivity contribution in [2.45, 2.75) is 32.6 Å². The molecule has 1 heterocycles. The summed E-state index contributed by atoms with van der Waals surface area (Å²) in [6.07, 6.45) is 1.55. The third kappa shape index (κ3) is 3.68. The van der Waals surface area contributed by atoms with Gasteiger partial charge in [-0.05, 0) is 56.0 Å². The molecule has 5 nitrogen and oxygen atoms in total. The van der Waals surface area contributed by atoms with Crippen LogP contribution in [-0.4, -0.2) is 16.8 Å². The number of carbonyl (C=O) groups is 2. The van der Waals surface area contributed by atoms with Crippen LogP contribution >= 0.6 is 11.3 Å². The van der Waals surface area contributed by atoms with E-state index in [2.05, 4.69) is 15.6 Å². The summed E-state index contributed by atoms with van der Waals surface area (Å²) in [5.41, 5.74) is 4.35. The maximum absolute atomic E-state index is 12.9. The van der Waals surface area contributed by atoms with E-state index in [1.54, 1.807) is 12.1 Å². The number of fused-ring (bicyclic) bond motifs is 1. The highest BCUT2D eigenvalue weighted by molar-refractivity contribution is 7.16. The van der Waals surface area contributed by atoms with Crippen LogP contribution < -0.4 is 10.6 Å². The fourth-order valence-corrected chi connectivity index (χ4v) is 4.42. The molecule has 0 radical (unpaired) electrons. The molecule has 0 aliphatic heterocycles. The minimum Gasteiger partial charge on any atom is -0.325 e. The predicted octanol–water partition coefficient (Wildman–Crippen LogP) is 4.68. The van der Waals surface area contributed by atoms with Crippen LogP contribution in [0.2, 0.25) is 0 Å². The lowest BCUT2D eigenvalue weighted by molar-refractivity contribution is -0.117. The number of nitrogens with one attached hydrogen (secondary N) is 2. The van der Waals surface area contributed by atoms with E-state index in [-0.39, 0.29) is 17.7 Å². The molecule has 142 valence electrons. The number of aryl methyl sites for hydroxylation is 3. The molecule has 1 aliphatic carbocycles. The van der Waals surface area contributed by atoms with E-state index in [0.717, 1.165) is 40.2 Å². The van der Waals surface area contributed by atoms with Crippen LogP contribution in [0, 0.1) is 13.8 Å². The monoisotopic (exact) mass is 391 g/mol. The molecule has 4 rings (SSSR count). The summed E-state index contributed by atoms with van der Waals surface area (Å²) >= 11 is 1.45. The summed E-state index contributed by atoms with van der Waals surface area (Å²) in [7, 11) is 0. The fourth-order valence-electron chi connectivity index (χ4n) is 3.38. The first-order valence-electron chi connectivity index (χ1n) is 9.25. The molecular formula is C22H21N3O2S. The van der Waals surface area contributed by atoms with Crippen molar-refractivity contribution in [3.05, 3.63) is 75.8 Å². The highest BCUT2D eigenvalue weighted by Gasteiger charge is 2.33. The van der Waals surface area contributed by atoms with Gasteiger partial charge in [-0.25, -0.2) is 4.98 Å². The smallest absolute Gasteiger partial charge is 0.257 e. The number of anilines is 2. The van der Waals surface area contributed by atoms with Gasteiger partial charge in [0.25, 0.3) is 5.91 Å². The van der Waals surface area contributed by atoms with Gasteiger partial charge in [-0.3, -0.25) is 14.9 Å².